The average Bonchev–Trinajstić information content (AvgIpc) is 3.89. The van der Waals surface area contributed by atoms with Gasteiger partial charge in [-0.25, -0.2) is 9.97 Å². The summed E-state index contributed by atoms with van der Waals surface area (Å²) >= 11 is 0. The molecule has 298 valence electrons. The average molecular weight is 815 g/mol. The molecule has 0 aliphatic carbocycles. The minimum Gasteiger partial charge on any atom is -0.307 e. The zero-order chi connectivity index (χ0) is 42.1. The zero-order valence-electron chi connectivity index (χ0n) is 34.7. The Balaban J connectivity index is 0.990. The van der Waals surface area contributed by atoms with Crippen LogP contribution < -0.4 is 0 Å². The maximum absolute atomic E-state index is 5.29. The van der Waals surface area contributed by atoms with E-state index in [9.17, 15) is 0 Å². The molecule has 0 fully saturated rings. The van der Waals surface area contributed by atoms with Crippen LogP contribution in [0.1, 0.15) is 0 Å². The van der Waals surface area contributed by atoms with E-state index < -0.39 is 0 Å². The first-order valence-corrected chi connectivity index (χ1v) is 21.8. The predicted octanol–water partition coefficient (Wildman–Crippen LogP) is 15.6. The van der Waals surface area contributed by atoms with Gasteiger partial charge in [0.2, 0.25) is 0 Å². The van der Waals surface area contributed by atoms with Crippen molar-refractivity contribution in [3.05, 3.63) is 231 Å². The second kappa shape index (κ2) is 14.5. The van der Waals surface area contributed by atoms with Gasteiger partial charge in [-0.3, -0.25) is 0 Å². The van der Waals surface area contributed by atoms with E-state index in [4.69, 9.17) is 9.97 Å². The minimum atomic E-state index is 0.688. The Kier molecular flexibility index (Phi) is 8.18. The summed E-state index contributed by atoms with van der Waals surface area (Å²) in [6.07, 6.45) is 0. The number of aromatic nitrogens is 4. The maximum atomic E-state index is 5.29. The van der Waals surface area contributed by atoms with Crippen LogP contribution in [0.4, 0.5) is 0 Å². The van der Waals surface area contributed by atoms with Crippen molar-refractivity contribution < 1.29 is 0 Å². The van der Waals surface area contributed by atoms with Gasteiger partial charge in [0.25, 0.3) is 0 Å². The van der Waals surface area contributed by atoms with Crippen molar-refractivity contribution in [2.75, 3.05) is 0 Å². The molecule has 3 aromatic heterocycles. The lowest BCUT2D eigenvalue weighted by atomic mass is 9.97. The standard InChI is InChI=1S/C60H38N4/c1-3-16-41(17-4-1)53-38-54(42-31-29-40(30-32-42)47-25-13-18-39-15-7-8-22-46(39)47)62-60(61-53)44-33-34-48-43(37-44)19-14-28-55(48)64-57-27-12-10-24-50(57)52-36-35-51-49-23-9-11-26-56(49)63(58(51)59(52)64)45-20-5-2-6-21-45/h1-38H. The number of rotatable bonds is 6. The van der Waals surface area contributed by atoms with Crippen LogP contribution in [0.25, 0.3) is 122 Å². The summed E-state index contributed by atoms with van der Waals surface area (Å²) in [6, 6.07) is 82.7. The highest BCUT2D eigenvalue weighted by Gasteiger charge is 2.22. The molecule has 0 atom stereocenters. The fourth-order valence-corrected chi connectivity index (χ4v) is 9.98. The molecule has 13 aromatic rings. The van der Waals surface area contributed by atoms with Gasteiger partial charge in [0, 0.05) is 49.3 Å². The number of nitrogens with zero attached hydrogens (tertiary/aromatic N) is 4. The Hall–Kier alpha value is -8.60. The molecule has 0 aliphatic heterocycles. The Morgan fingerprint density at radius 3 is 1.55 bits per heavy atom. The van der Waals surface area contributed by atoms with Crippen LogP contribution in [-0.2, 0) is 0 Å². The molecule has 64 heavy (non-hydrogen) atoms. The Morgan fingerprint density at radius 1 is 0.297 bits per heavy atom. The first-order chi connectivity index (χ1) is 31.7. The van der Waals surface area contributed by atoms with Gasteiger partial charge in [0.05, 0.1) is 39.1 Å². The van der Waals surface area contributed by atoms with E-state index in [0.29, 0.717) is 5.82 Å². The summed E-state index contributed by atoms with van der Waals surface area (Å²) in [5.74, 6) is 0.688. The number of hydrogen-bond donors (Lipinski definition) is 0. The van der Waals surface area contributed by atoms with E-state index in [-0.39, 0.29) is 0 Å². The molecule has 0 saturated heterocycles. The first-order valence-electron chi connectivity index (χ1n) is 21.8. The van der Waals surface area contributed by atoms with Gasteiger partial charge in [0.1, 0.15) is 0 Å². The van der Waals surface area contributed by atoms with Gasteiger partial charge in [-0.05, 0) is 69.8 Å². The minimum absolute atomic E-state index is 0.688. The Labute approximate surface area is 369 Å². The molecule has 0 bridgehead atoms. The van der Waals surface area contributed by atoms with E-state index in [1.807, 2.05) is 6.07 Å². The summed E-state index contributed by atoms with van der Waals surface area (Å²) in [6.45, 7) is 0. The highest BCUT2D eigenvalue weighted by atomic mass is 15.0. The van der Waals surface area contributed by atoms with E-state index in [1.54, 1.807) is 0 Å². The van der Waals surface area contributed by atoms with Crippen molar-refractivity contribution in [2.45, 2.75) is 0 Å². The molecule has 4 nitrogen and oxygen atoms in total. The number of fused-ring (bicyclic) bond motifs is 9. The lowest BCUT2D eigenvalue weighted by Crippen LogP contribution is -1.99. The third-order valence-electron chi connectivity index (χ3n) is 12.9. The van der Waals surface area contributed by atoms with Crippen LogP contribution in [-0.4, -0.2) is 19.1 Å². The van der Waals surface area contributed by atoms with Crippen molar-refractivity contribution in [1.82, 2.24) is 19.1 Å². The fourth-order valence-electron chi connectivity index (χ4n) is 9.98. The molecule has 13 rings (SSSR count). The van der Waals surface area contributed by atoms with Gasteiger partial charge in [-0.1, -0.05) is 188 Å². The van der Waals surface area contributed by atoms with Crippen molar-refractivity contribution in [2.24, 2.45) is 0 Å². The van der Waals surface area contributed by atoms with Crippen LogP contribution >= 0.6 is 0 Å². The summed E-state index contributed by atoms with van der Waals surface area (Å²) in [5, 5.41) is 9.66. The molecular formula is C60H38N4. The van der Waals surface area contributed by atoms with E-state index in [2.05, 4.69) is 234 Å². The van der Waals surface area contributed by atoms with Crippen LogP contribution in [0.2, 0.25) is 0 Å². The highest BCUT2D eigenvalue weighted by Crippen LogP contribution is 2.43. The lowest BCUT2D eigenvalue weighted by Gasteiger charge is -2.15. The normalized spacial score (nSPS) is 11.8. The summed E-state index contributed by atoms with van der Waals surface area (Å²) in [5.41, 5.74) is 14.2. The smallest absolute Gasteiger partial charge is 0.160 e. The molecule has 10 aromatic carbocycles. The molecule has 0 amide bonds. The topological polar surface area (TPSA) is 35.6 Å². The highest BCUT2D eigenvalue weighted by molar-refractivity contribution is 6.24. The van der Waals surface area contributed by atoms with Crippen molar-refractivity contribution >= 4 is 65.2 Å². The maximum Gasteiger partial charge on any atom is 0.160 e. The van der Waals surface area contributed by atoms with Crippen molar-refractivity contribution in [1.29, 1.82) is 0 Å². The lowest BCUT2D eigenvalue weighted by molar-refractivity contribution is 1.16. The number of hydrogen-bond acceptors (Lipinski definition) is 2. The molecule has 0 N–H and O–H groups in total. The van der Waals surface area contributed by atoms with Gasteiger partial charge in [-0.15, -0.1) is 0 Å². The van der Waals surface area contributed by atoms with Crippen LogP contribution in [0.5, 0.6) is 0 Å². The summed E-state index contributed by atoms with van der Waals surface area (Å²) in [7, 11) is 0. The molecule has 0 saturated carbocycles. The van der Waals surface area contributed by atoms with Gasteiger partial charge < -0.3 is 9.13 Å². The third-order valence-corrected chi connectivity index (χ3v) is 12.9. The largest absolute Gasteiger partial charge is 0.307 e. The summed E-state index contributed by atoms with van der Waals surface area (Å²) in [4.78, 5) is 10.5. The second-order valence-corrected chi connectivity index (χ2v) is 16.5. The molecular weight excluding hydrogens is 777 g/mol. The SMILES string of the molecule is c1ccc(-c2cc(-c3ccc(-c4cccc5ccccc45)cc3)nc(-c3ccc4c(-n5c6ccccc6c6ccc7c8ccccc8n(-c8ccccc8)c7c65)cccc4c3)n2)cc1. The van der Waals surface area contributed by atoms with Crippen LogP contribution in [0, 0.1) is 0 Å². The van der Waals surface area contributed by atoms with Crippen LogP contribution in [0.15, 0.2) is 231 Å². The second-order valence-electron chi connectivity index (χ2n) is 16.5. The van der Waals surface area contributed by atoms with Gasteiger partial charge >= 0.3 is 0 Å². The third kappa shape index (κ3) is 5.70. The number of benzene rings is 10. The van der Waals surface area contributed by atoms with E-state index >= 15 is 0 Å². The molecule has 0 unspecified atom stereocenters. The number of para-hydroxylation sites is 3. The molecule has 0 aliphatic rings. The quantitative estimate of drug-likeness (QED) is 0.168. The van der Waals surface area contributed by atoms with Crippen molar-refractivity contribution in [3.8, 4) is 56.4 Å². The Morgan fingerprint density at radius 2 is 0.812 bits per heavy atom. The van der Waals surface area contributed by atoms with Gasteiger partial charge in [-0.2, -0.15) is 0 Å². The van der Waals surface area contributed by atoms with E-state index in [1.165, 1.54) is 65.5 Å². The summed E-state index contributed by atoms with van der Waals surface area (Å²) < 4.78 is 4.93. The van der Waals surface area contributed by atoms with Crippen LogP contribution in [0.3, 0.4) is 0 Å². The van der Waals surface area contributed by atoms with E-state index in [0.717, 1.165) is 50.2 Å². The fraction of sp³-hybridized carbons (Fsp3) is 0. The molecule has 4 heteroatoms. The van der Waals surface area contributed by atoms with Gasteiger partial charge in [0.15, 0.2) is 5.82 Å². The van der Waals surface area contributed by atoms with Crippen molar-refractivity contribution in [3.63, 3.8) is 0 Å². The zero-order valence-corrected chi connectivity index (χ0v) is 34.7. The Bertz CT molecular complexity index is 3930. The molecule has 0 radical (unpaired) electrons. The monoisotopic (exact) mass is 814 g/mol. The predicted molar refractivity (Wildman–Crippen MR) is 267 cm³/mol. The molecule has 3 heterocycles. The molecule has 0 spiro atoms. The first kappa shape index (κ1) is 36.1.